The molecule has 0 radical (unpaired) electrons. The smallest absolute Gasteiger partial charge is 0.408 e. The average Bonchev–Trinajstić information content (AvgIpc) is 3.17. The van der Waals surface area contributed by atoms with E-state index in [2.05, 4.69) is 4.98 Å². The Morgan fingerprint density at radius 2 is 1.83 bits per heavy atom. The molecule has 4 nitrogen and oxygen atoms in total. The van der Waals surface area contributed by atoms with Crippen LogP contribution in [-0.4, -0.2) is 34.8 Å². The standard InChI is InChI=1S/C21H16F4N2O2/c22-15-6-3-12(4-7-15)19-17(27-9-1-2-18(27)21(23,24)25)11-14-10-13(20(28)29)5-8-16(14)26-19/h3-8,10-11,18H,1-2,9H2,(H,28,29)/t18-/m1/s1. The lowest BCUT2D eigenvalue weighted by molar-refractivity contribution is -0.145. The van der Waals surface area contributed by atoms with E-state index in [1.165, 1.54) is 53.4 Å². The second-order valence-corrected chi connectivity index (χ2v) is 6.97. The first-order valence-corrected chi connectivity index (χ1v) is 9.01. The van der Waals surface area contributed by atoms with E-state index in [9.17, 15) is 27.5 Å². The van der Waals surface area contributed by atoms with Gasteiger partial charge in [0.15, 0.2) is 0 Å². The quantitative estimate of drug-likeness (QED) is 0.605. The lowest BCUT2D eigenvalue weighted by Gasteiger charge is -2.30. The highest BCUT2D eigenvalue weighted by Crippen LogP contribution is 2.41. The van der Waals surface area contributed by atoms with Crippen LogP contribution in [0.2, 0.25) is 0 Å². The summed E-state index contributed by atoms with van der Waals surface area (Å²) >= 11 is 0. The van der Waals surface area contributed by atoms with Gasteiger partial charge in [0.25, 0.3) is 0 Å². The van der Waals surface area contributed by atoms with E-state index < -0.39 is 24.0 Å². The topological polar surface area (TPSA) is 53.4 Å². The third-order valence-corrected chi connectivity index (χ3v) is 5.10. The zero-order chi connectivity index (χ0) is 20.8. The van der Waals surface area contributed by atoms with Gasteiger partial charge in [0, 0.05) is 17.5 Å². The Bertz CT molecular complexity index is 1080. The first-order valence-electron chi connectivity index (χ1n) is 9.01. The maximum Gasteiger partial charge on any atom is 0.408 e. The van der Waals surface area contributed by atoms with Crippen LogP contribution >= 0.6 is 0 Å². The molecular formula is C21H16F4N2O2. The largest absolute Gasteiger partial charge is 0.478 e. The Labute approximate surface area is 163 Å². The third-order valence-electron chi connectivity index (χ3n) is 5.10. The zero-order valence-electron chi connectivity index (χ0n) is 15.1. The van der Waals surface area contributed by atoms with Crippen molar-refractivity contribution in [2.45, 2.75) is 25.1 Å². The van der Waals surface area contributed by atoms with E-state index >= 15 is 0 Å². The van der Waals surface area contributed by atoms with Crippen LogP contribution in [-0.2, 0) is 0 Å². The Hall–Kier alpha value is -3.16. The molecule has 1 saturated heterocycles. The predicted octanol–water partition coefficient (Wildman–Crippen LogP) is 5.27. The van der Waals surface area contributed by atoms with E-state index in [-0.39, 0.29) is 24.2 Å². The number of rotatable bonds is 3. The van der Waals surface area contributed by atoms with Crippen LogP contribution in [0.3, 0.4) is 0 Å². The molecule has 2 heterocycles. The summed E-state index contributed by atoms with van der Waals surface area (Å²) in [6, 6.07) is 9.57. The number of carbonyl (C=O) groups is 1. The fourth-order valence-electron chi connectivity index (χ4n) is 3.73. The summed E-state index contributed by atoms with van der Waals surface area (Å²) in [5.41, 5.74) is 1.51. The molecule has 8 heteroatoms. The van der Waals surface area contributed by atoms with Gasteiger partial charge in [0.1, 0.15) is 11.9 Å². The van der Waals surface area contributed by atoms with Crippen LogP contribution in [0, 0.1) is 5.82 Å². The van der Waals surface area contributed by atoms with Gasteiger partial charge in [-0.25, -0.2) is 14.2 Å². The summed E-state index contributed by atoms with van der Waals surface area (Å²) in [6.07, 6.45) is -4.06. The van der Waals surface area contributed by atoms with Crippen molar-refractivity contribution < 1.29 is 27.5 Å². The molecule has 2 aromatic carbocycles. The van der Waals surface area contributed by atoms with E-state index in [1.807, 2.05) is 0 Å². The molecule has 4 rings (SSSR count). The van der Waals surface area contributed by atoms with Gasteiger partial charge in [-0.1, -0.05) is 0 Å². The number of anilines is 1. The van der Waals surface area contributed by atoms with Crippen molar-refractivity contribution >= 4 is 22.6 Å². The Morgan fingerprint density at radius 3 is 2.48 bits per heavy atom. The van der Waals surface area contributed by atoms with Crippen molar-refractivity contribution in [3.8, 4) is 11.3 Å². The van der Waals surface area contributed by atoms with Crippen LogP contribution in [0.4, 0.5) is 23.2 Å². The monoisotopic (exact) mass is 404 g/mol. The molecule has 1 aliphatic rings. The maximum absolute atomic E-state index is 13.6. The van der Waals surface area contributed by atoms with Crippen LogP contribution in [0.1, 0.15) is 23.2 Å². The van der Waals surface area contributed by atoms with E-state index in [0.717, 1.165) is 0 Å². The molecule has 0 saturated carbocycles. The number of pyridine rings is 1. The van der Waals surface area contributed by atoms with Gasteiger partial charge in [0.05, 0.1) is 22.5 Å². The Balaban J connectivity index is 1.94. The van der Waals surface area contributed by atoms with Gasteiger partial charge < -0.3 is 10.0 Å². The summed E-state index contributed by atoms with van der Waals surface area (Å²) in [5, 5.41) is 9.65. The average molecular weight is 404 g/mol. The van der Waals surface area contributed by atoms with Gasteiger partial charge >= 0.3 is 12.1 Å². The lowest BCUT2D eigenvalue weighted by Crippen LogP contribution is -2.41. The number of carboxylic acids is 1. The molecule has 3 aromatic rings. The van der Waals surface area contributed by atoms with Gasteiger partial charge in [-0.3, -0.25) is 0 Å². The molecule has 0 aliphatic carbocycles. The minimum Gasteiger partial charge on any atom is -0.478 e. The molecule has 1 N–H and O–H groups in total. The highest BCUT2D eigenvalue weighted by atomic mass is 19.4. The number of carboxylic acid groups (broad SMARTS) is 1. The summed E-state index contributed by atoms with van der Waals surface area (Å²) in [7, 11) is 0. The number of halogens is 4. The van der Waals surface area contributed by atoms with Crippen molar-refractivity contribution in [2.24, 2.45) is 0 Å². The van der Waals surface area contributed by atoms with Gasteiger partial charge in [0.2, 0.25) is 0 Å². The molecule has 0 unspecified atom stereocenters. The molecule has 1 aliphatic heterocycles. The SMILES string of the molecule is O=C(O)c1ccc2nc(-c3ccc(F)cc3)c(N3CCC[C@@H]3C(F)(F)F)cc2c1. The molecule has 0 bridgehead atoms. The fourth-order valence-corrected chi connectivity index (χ4v) is 3.73. The number of alkyl halides is 3. The second-order valence-electron chi connectivity index (χ2n) is 6.97. The van der Waals surface area contributed by atoms with Crippen LogP contribution in [0.5, 0.6) is 0 Å². The fraction of sp³-hybridized carbons (Fsp3) is 0.238. The van der Waals surface area contributed by atoms with Gasteiger partial charge in [-0.05, 0) is 61.4 Å². The molecule has 1 fully saturated rings. The highest BCUT2D eigenvalue weighted by Gasteiger charge is 2.46. The summed E-state index contributed by atoms with van der Waals surface area (Å²) in [5.74, 6) is -1.60. The minimum atomic E-state index is -4.41. The second kappa shape index (κ2) is 7.02. The Kier molecular flexibility index (Phi) is 4.64. The summed E-state index contributed by atoms with van der Waals surface area (Å²) in [4.78, 5) is 17.0. The van der Waals surface area contributed by atoms with Gasteiger partial charge in [-0.15, -0.1) is 0 Å². The van der Waals surface area contributed by atoms with E-state index in [4.69, 9.17) is 0 Å². The molecule has 1 atom stereocenters. The highest BCUT2D eigenvalue weighted by molar-refractivity contribution is 5.96. The van der Waals surface area contributed by atoms with Crippen molar-refractivity contribution in [1.29, 1.82) is 0 Å². The Morgan fingerprint density at radius 1 is 1.10 bits per heavy atom. The zero-order valence-corrected chi connectivity index (χ0v) is 15.1. The molecule has 29 heavy (non-hydrogen) atoms. The number of aromatic nitrogens is 1. The number of benzene rings is 2. The van der Waals surface area contributed by atoms with Crippen molar-refractivity contribution in [3.05, 3.63) is 59.9 Å². The number of hydrogen-bond acceptors (Lipinski definition) is 3. The molecule has 0 spiro atoms. The van der Waals surface area contributed by atoms with Gasteiger partial charge in [-0.2, -0.15) is 13.2 Å². The minimum absolute atomic E-state index is 0.0218. The lowest BCUT2D eigenvalue weighted by atomic mass is 10.0. The first kappa shape index (κ1) is 19.2. The number of hydrogen-bond donors (Lipinski definition) is 1. The summed E-state index contributed by atoms with van der Waals surface area (Å²) < 4.78 is 54.1. The number of nitrogens with zero attached hydrogens (tertiary/aromatic N) is 2. The van der Waals surface area contributed by atoms with Crippen LogP contribution in [0.25, 0.3) is 22.2 Å². The molecule has 0 amide bonds. The van der Waals surface area contributed by atoms with Crippen molar-refractivity contribution in [2.75, 3.05) is 11.4 Å². The number of fused-ring (bicyclic) bond motifs is 1. The van der Waals surface area contributed by atoms with Crippen LogP contribution < -0.4 is 4.90 Å². The molecular weight excluding hydrogens is 388 g/mol. The predicted molar refractivity (Wildman–Crippen MR) is 101 cm³/mol. The van der Waals surface area contributed by atoms with E-state index in [0.29, 0.717) is 28.6 Å². The molecule has 150 valence electrons. The van der Waals surface area contributed by atoms with Crippen molar-refractivity contribution in [1.82, 2.24) is 4.98 Å². The third kappa shape index (κ3) is 3.62. The van der Waals surface area contributed by atoms with E-state index in [1.54, 1.807) is 0 Å². The van der Waals surface area contributed by atoms with Crippen LogP contribution in [0.15, 0.2) is 48.5 Å². The summed E-state index contributed by atoms with van der Waals surface area (Å²) in [6.45, 7) is 0.199. The maximum atomic E-state index is 13.6. The molecule has 1 aromatic heterocycles. The normalized spacial score (nSPS) is 17.1. The van der Waals surface area contributed by atoms with Crippen molar-refractivity contribution in [3.63, 3.8) is 0 Å². The first-order chi connectivity index (χ1) is 13.7. The number of aromatic carboxylic acids is 1.